The Morgan fingerprint density at radius 2 is 1.81 bits per heavy atom. The highest BCUT2D eigenvalue weighted by Crippen LogP contribution is 2.56. The fraction of sp³-hybridized carbons (Fsp3) is 0.423. The molecule has 0 aliphatic heterocycles. The van der Waals surface area contributed by atoms with E-state index in [4.69, 9.17) is 11.6 Å². The SMILES string of the molecule is CC(C)(C(=O)Nc1ccc(Cl)nc1)C1C[C@H]2CC(c3ccnc4ccc(F)cc34)C[C@H]2C1. The molecule has 2 unspecified atom stereocenters. The molecule has 2 fully saturated rings. The number of hydrogen-bond acceptors (Lipinski definition) is 3. The quantitative estimate of drug-likeness (QED) is 0.454. The summed E-state index contributed by atoms with van der Waals surface area (Å²) in [6.07, 6.45) is 7.72. The van der Waals surface area contributed by atoms with Gasteiger partial charge in [-0.05, 0) is 91.3 Å². The lowest BCUT2D eigenvalue weighted by Gasteiger charge is -2.31. The molecule has 3 aromatic rings. The molecule has 0 saturated heterocycles. The highest BCUT2D eigenvalue weighted by atomic mass is 35.5. The molecule has 2 heterocycles. The first kappa shape index (κ1) is 21.3. The van der Waals surface area contributed by atoms with Crippen LogP contribution in [0.4, 0.5) is 10.1 Å². The minimum Gasteiger partial charge on any atom is -0.324 e. The molecule has 0 radical (unpaired) electrons. The molecule has 166 valence electrons. The predicted molar refractivity (Wildman–Crippen MR) is 125 cm³/mol. The second kappa shape index (κ2) is 8.11. The van der Waals surface area contributed by atoms with E-state index < -0.39 is 5.41 Å². The molecule has 0 bridgehead atoms. The van der Waals surface area contributed by atoms with E-state index in [1.807, 2.05) is 20.0 Å². The van der Waals surface area contributed by atoms with Crippen molar-refractivity contribution in [3.63, 3.8) is 0 Å². The number of halogens is 2. The van der Waals surface area contributed by atoms with E-state index >= 15 is 0 Å². The van der Waals surface area contributed by atoms with E-state index in [0.29, 0.717) is 34.5 Å². The van der Waals surface area contributed by atoms with Gasteiger partial charge in [0.1, 0.15) is 11.0 Å². The van der Waals surface area contributed by atoms with Crippen LogP contribution >= 0.6 is 11.6 Å². The van der Waals surface area contributed by atoms with Crippen LogP contribution in [0.5, 0.6) is 0 Å². The van der Waals surface area contributed by atoms with E-state index in [2.05, 4.69) is 21.4 Å². The van der Waals surface area contributed by atoms with Crippen LogP contribution in [0.25, 0.3) is 10.9 Å². The van der Waals surface area contributed by atoms with Gasteiger partial charge in [0, 0.05) is 17.0 Å². The Hall–Kier alpha value is -2.53. The van der Waals surface area contributed by atoms with Crippen LogP contribution in [0.2, 0.25) is 5.15 Å². The number of amides is 1. The highest BCUT2D eigenvalue weighted by Gasteiger charge is 2.48. The van der Waals surface area contributed by atoms with Crippen LogP contribution < -0.4 is 5.32 Å². The van der Waals surface area contributed by atoms with Gasteiger partial charge in [0.05, 0.1) is 17.4 Å². The average Bonchev–Trinajstić information content (AvgIpc) is 3.34. The van der Waals surface area contributed by atoms with Crippen molar-refractivity contribution in [3.05, 3.63) is 65.3 Å². The van der Waals surface area contributed by atoms with Crippen molar-refractivity contribution >= 4 is 34.1 Å². The van der Waals surface area contributed by atoms with Gasteiger partial charge < -0.3 is 5.32 Å². The van der Waals surface area contributed by atoms with Crippen molar-refractivity contribution < 1.29 is 9.18 Å². The third kappa shape index (κ3) is 3.88. The Bertz CT molecular complexity index is 1150. The molecule has 6 heteroatoms. The van der Waals surface area contributed by atoms with Crippen molar-refractivity contribution in [1.82, 2.24) is 9.97 Å². The summed E-state index contributed by atoms with van der Waals surface area (Å²) in [5.41, 5.74) is 2.27. The topological polar surface area (TPSA) is 54.9 Å². The summed E-state index contributed by atoms with van der Waals surface area (Å²) in [6, 6.07) is 10.4. The zero-order chi connectivity index (χ0) is 22.5. The zero-order valence-corrected chi connectivity index (χ0v) is 19.1. The monoisotopic (exact) mass is 451 g/mol. The van der Waals surface area contributed by atoms with Gasteiger partial charge in [0.25, 0.3) is 0 Å². The van der Waals surface area contributed by atoms with Crippen LogP contribution in [0.3, 0.4) is 0 Å². The lowest BCUT2D eigenvalue weighted by molar-refractivity contribution is -0.126. The predicted octanol–water partition coefficient (Wildman–Crippen LogP) is 6.61. The summed E-state index contributed by atoms with van der Waals surface area (Å²) < 4.78 is 13.9. The van der Waals surface area contributed by atoms with Gasteiger partial charge in [-0.2, -0.15) is 0 Å². The van der Waals surface area contributed by atoms with Gasteiger partial charge in [-0.25, -0.2) is 9.37 Å². The molecule has 1 amide bonds. The van der Waals surface area contributed by atoms with E-state index in [1.165, 1.54) is 11.6 Å². The summed E-state index contributed by atoms with van der Waals surface area (Å²) in [5, 5.41) is 4.35. The molecule has 2 saturated carbocycles. The zero-order valence-electron chi connectivity index (χ0n) is 18.3. The van der Waals surface area contributed by atoms with E-state index in [1.54, 1.807) is 30.5 Å². The molecule has 4 nitrogen and oxygen atoms in total. The minimum atomic E-state index is -0.466. The first-order chi connectivity index (χ1) is 15.3. The largest absolute Gasteiger partial charge is 0.324 e. The van der Waals surface area contributed by atoms with Gasteiger partial charge in [-0.3, -0.25) is 9.78 Å². The first-order valence-corrected chi connectivity index (χ1v) is 11.7. The molecule has 1 aromatic carbocycles. The van der Waals surface area contributed by atoms with Crippen molar-refractivity contribution in [2.24, 2.45) is 23.2 Å². The lowest BCUT2D eigenvalue weighted by atomic mass is 9.75. The Morgan fingerprint density at radius 3 is 2.50 bits per heavy atom. The molecule has 2 aromatic heterocycles. The minimum absolute atomic E-state index is 0.0266. The average molecular weight is 452 g/mol. The Balaban J connectivity index is 1.28. The molecule has 2 aliphatic rings. The highest BCUT2D eigenvalue weighted by molar-refractivity contribution is 6.29. The molecular weight excluding hydrogens is 425 g/mol. The first-order valence-electron chi connectivity index (χ1n) is 11.3. The van der Waals surface area contributed by atoms with Crippen LogP contribution in [0, 0.1) is 29.0 Å². The van der Waals surface area contributed by atoms with Gasteiger partial charge in [-0.1, -0.05) is 25.4 Å². The van der Waals surface area contributed by atoms with Crippen LogP contribution in [-0.2, 0) is 4.79 Å². The van der Waals surface area contributed by atoms with Crippen LogP contribution in [0.15, 0.2) is 48.8 Å². The number of fused-ring (bicyclic) bond motifs is 2. The van der Waals surface area contributed by atoms with Crippen molar-refractivity contribution in [2.75, 3.05) is 5.32 Å². The second-order valence-electron chi connectivity index (χ2n) is 9.96. The number of anilines is 1. The van der Waals surface area contributed by atoms with Crippen LogP contribution in [-0.4, -0.2) is 15.9 Å². The Kier molecular flexibility index (Phi) is 5.40. The number of carbonyl (C=O) groups excluding carboxylic acids is 1. The molecule has 32 heavy (non-hydrogen) atoms. The maximum absolute atomic E-state index is 13.9. The smallest absolute Gasteiger partial charge is 0.230 e. The summed E-state index contributed by atoms with van der Waals surface area (Å²) in [4.78, 5) is 21.5. The van der Waals surface area contributed by atoms with Gasteiger partial charge >= 0.3 is 0 Å². The summed E-state index contributed by atoms with van der Waals surface area (Å²) in [5.74, 6) is 1.78. The second-order valence-corrected chi connectivity index (χ2v) is 10.4. The number of nitrogens with zero attached hydrogens (tertiary/aromatic N) is 2. The van der Waals surface area contributed by atoms with E-state index in [0.717, 1.165) is 36.6 Å². The maximum Gasteiger partial charge on any atom is 0.230 e. The molecule has 4 atom stereocenters. The van der Waals surface area contributed by atoms with Gasteiger partial charge in [0.15, 0.2) is 0 Å². The number of hydrogen-bond donors (Lipinski definition) is 1. The number of pyridine rings is 2. The molecule has 2 aliphatic carbocycles. The van der Waals surface area contributed by atoms with Crippen molar-refractivity contribution in [2.45, 2.75) is 45.4 Å². The summed E-state index contributed by atoms with van der Waals surface area (Å²) in [7, 11) is 0. The molecular formula is C26H27ClFN3O. The number of aromatic nitrogens is 2. The molecule has 0 spiro atoms. The number of carbonyl (C=O) groups is 1. The Labute approximate surface area is 192 Å². The summed E-state index contributed by atoms with van der Waals surface area (Å²) in [6.45, 7) is 4.10. The van der Waals surface area contributed by atoms with Gasteiger partial charge in [-0.15, -0.1) is 0 Å². The maximum atomic E-state index is 13.9. The number of nitrogens with one attached hydrogen (secondary N) is 1. The Morgan fingerprint density at radius 1 is 1.06 bits per heavy atom. The molecule has 5 rings (SSSR count). The normalized spacial score (nSPS) is 25.1. The van der Waals surface area contributed by atoms with E-state index in [-0.39, 0.29) is 11.7 Å². The summed E-state index contributed by atoms with van der Waals surface area (Å²) >= 11 is 5.85. The van der Waals surface area contributed by atoms with Crippen molar-refractivity contribution in [3.8, 4) is 0 Å². The van der Waals surface area contributed by atoms with E-state index in [9.17, 15) is 9.18 Å². The fourth-order valence-corrected chi connectivity index (χ4v) is 5.99. The number of rotatable bonds is 4. The van der Waals surface area contributed by atoms with Crippen LogP contribution in [0.1, 0.15) is 51.0 Å². The fourth-order valence-electron chi connectivity index (χ4n) is 5.88. The third-order valence-corrected chi connectivity index (χ3v) is 8.01. The number of benzene rings is 1. The molecule has 1 N–H and O–H groups in total. The van der Waals surface area contributed by atoms with Crippen molar-refractivity contribution in [1.29, 1.82) is 0 Å². The van der Waals surface area contributed by atoms with Gasteiger partial charge in [0.2, 0.25) is 5.91 Å². The standard InChI is InChI=1S/C26H27ClFN3O/c1-26(2,25(32)31-20-4-6-24(27)30-14-20)18-11-15-9-17(10-16(15)12-18)21-7-8-29-23-5-3-19(28)13-22(21)23/h3-8,13-18H,9-12H2,1-2H3,(H,31,32)/t15-,16+,17?,18?. The third-order valence-electron chi connectivity index (χ3n) is 7.78. The lowest BCUT2D eigenvalue weighted by Crippen LogP contribution is -2.37.